The van der Waals surface area contributed by atoms with Crippen molar-refractivity contribution in [3.63, 3.8) is 0 Å². The van der Waals surface area contributed by atoms with Gasteiger partial charge in [0.2, 0.25) is 0 Å². The number of benzene rings is 2. The van der Waals surface area contributed by atoms with E-state index < -0.39 is 6.04 Å². The lowest BCUT2D eigenvalue weighted by atomic mass is 10.1. The number of nitrogens with zero attached hydrogens (tertiary/aromatic N) is 1. The molecule has 21 heavy (non-hydrogen) atoms. The van der Waals surface area contributed by atoms with Crippen LogP contribution in [0.4, 0.5) is 5.69 Å². The van der Waals surface area contributed by atoms with Crippen LogP contribution in [0.25, 0.3) is 0 Å². The van der Waals surface area contributed by atoms with Gasteiger partial charge in [-0.2, -0.15) is 0 Å². The van der Waals surface area contributed by atoms with E-state index in [2.05, 4.69) is 15.9 Å². The number of carbonyl (C=O) groups excluding carboxylic acids is 2. The molecule has 1 unspecified atom stereocenters. The molecular weight excluding hydrogens is 332 g/mol. The maximum absolute atomic E-state index is 12.5. The number of carbonyl (C=O) groups is 2. The maximum atomic E-state index is 12.5. The molecule has 0 spiro atoms. The van der Waals surface area contributed by atoms with E-state index in [0.29, 0.717) is 16.8 Å². The Kier molecular flexibility index (Phi) is 3.29. The smallest absolute Gasteiger partial charge is 0.262 e. The van der Waals surface area contributed by atoms with E-state index >= 15 is 0 Å². The summed E-state index contributed by atoms with van der Waals surface area (Å²) in [6, 6.07) is 12.0. The topological polar surface area (TPSA) is 63.4 Å². The van der Waals surface area contributed by atoms with Crippen LogP contribution >= 0.6 is 15.9 Å². The first kappa shape index (κ1) is 13.8. The van der Waals surface area contributed by atoms with Crippen molar-refractivity contribution in [1.29, 1.82) is 0 Å². The highest BCUT2D eigenvalue weighted by Gasteiger charge is 2.39. The van der Waals surface area contributed by atoms with Gasteiger partial charge in [-0.3, -0.25) is 14.5 Å². The third-order valence-corrected chi connectivity index (χ3v) is 4.21. The van der Waals surface area contributed by atoms with Gasteiger partial charge in [0.15, 0.2) is 0 Å². The van der Waals surface area contributed by atoms with Crippen LogP contribution in [-0.4, -0.2) is 16.7 Å². The highest BCUT2D eigenvalue weighted by atomic mass is 79.9. The zero-order chi connectivity index (χ0) is 15.1. The molecule has 2 aromatic carbocycles. The molecule has 0 aromatic heterocycles. The Morgan fingerprint density at radius 3 is 2.43 bits per heavy atom. The number of fused-ring (bicyclic) bond motifs is 1. The fourth-order valence-electron chi connectivity index (χ4n) is 2.61. The summed E-state index contributed by atoms with van der Waals surface area (Å²) in [4.78, 5) is 26.3. The summed E-state index contributed by atoms with van der Waals surface area (Å²) in [5.74, 6) is -0.565. The van der Waals surface area contributed by atoms with Crippen LogP contribution in [0.15, 0.2) is 46.9 Å². The van der Waals surface area contributed by atoms with Crippen molar-refractivity contribution in [2.45, 2.75) is 13.0 Å². The molecule has 0 saturated carbocycles. The average Bonchev–Trinajstić information content (AvgIpc) is 2.70. The molecule has 0 aliphatic carbocycles. The lowest BCUT2D eigenvalue weighted by Crippen LogP contribution is -2.32. The summed E-state index contributed by atoms with van der Waals surface area (Å²) < 4.78 is 0.774. The van der Waals surface area contributed by atoms with E-state index in [1.807, 2.05) is 25.1 Å². The summed E-state index contributed by atoms with van der Waals surface area (Å²) in [6.07, 6.45) is 0. The molecule has 5 heteroatoms. The number of nitrogen functional groups attached to an aromatic ring is 1. The Balaban J connectivity index is 2.04. The minimum atomic E-state index is -0.405. The van der Waals surface area contributed by atoms with Crippen molar-refractivity contribution < 1.29 is 9.59 Å². The number of imide groups is 1. The molecule has 1 aliphatic heterocycles. The SMILES string of the molecule is CC(c1ccccc1N)N1C(=O)c2ccc(Br)cc2C1=O. The Morgan fingerprint density at radius 1 is 1.05 bits per heavy atom. The molecule has 1 aliphatic rings. The van der Waals surface area contributed by atoms with Gasteiger partial charge in [-0.15, -0.1) is 0 Å². The average molecular weight is 345 g/mol. The monoisotopic (exact) mass is 344 g/mol. The van der Waals surface area contributed by atoms with Crippen LogP contribution in [0, 0.1) is 0 Å². The third-order valence-electron chi connectivity index (χ3n) is 3.71. The molecule has 0 fully saturated rings. The minimum Gasteiger partial charge on any atom is -0.398 e. The Hall–Kier alpha value is -2.14. The van der Waals surface area contributed by atoms with Crippen molar-refractivity contribution in [1.82, 2.24) is 4.90 Å². The van der Waals surface area contributed by atoms with Gasteiger partial charge in [-0.05, 0) is 36.8 Å². The fraction of sp³-hybridized carbons (Fsp3) is 0.125. The lowest BCUT2D eigenvalue weighted by molar-refractivity contribution is 0.0596. The van der Waals surface area contributed by atoms with Gasteiger partial charge in [-0.25, -0.2) is 0 Å². The highest BCUT2D eigenvalue weighted by molar-refractivity contribution is 9.10. The maximum Gasteiger partial charge on any atom is 0.262 e. The summed E-state index contributed by atoms with van der Waals surface area (Å²) in [7, 11) is 0. The first-order chi connectivity index (χ1) is 10.0. The first-order valence-electron chi connectivity index (χ1n) is 6.52. The van der Waals surface area contributed by atoms with E-state index in [-0.39, 0.29) is 11.8 Å². The van der Waals surface area contributed by atoms with Crippen molar-refractivity contribution in [3.8, 4) is 0 Å². The van der Waals surface area contributed by atoms with Crippen LogP contribution < -0.4 is 5.73 Å². The number of hydrogen-bond donors (Lipinski definition) is 1. The molecule has 1 atom stereocenters. The molecule has 4 nitrogen and oxygen atoms in total. The van der Waals surface area contributed by atoms with Crippen LogP contribution in [0.3, 0.4) is 0 Å². The van der Waals surface area contributed by atoms with Crippen molar-refractivity contribution >= 4 is 33.4 Å². The Bertz CT molecular complexity index is 758. The van der Waals surface area contributed by atoms with E-state index in [9.17, 15) is 9.59 Å². The second-order valence-electron chi connectivity index (χ2n) is 4.98. The number of hydrogen-bond acceptors (Lipinski definition) is 3. The highest BCUT2D eigenvalue weighted by Crippen LogP contribution is 2.34. The normalized spacial score (nSPS) is 15.2. The van der Waals surface area contributed by atoms with Crippen LogP contribution in [-0.2, 0) is 0 Å². The molecular formula is C16H13BrN2O2. The van der Waals surface area contributed by atoms with Crippen LogP contribution in [0.5, 0.6) is 0 Å². The molecule has 106 valence electrons. The molecule has 2 aromatic rings. The predicted octanol–water partition coefficient (Wildman–Crippen LogP) is 3.39. The Labute approximate surface area is 130 Å². The summed E-state index contributed by atoms with van der Waals surface area (Å²) >= 11 is 3.32. The van der Waals surface area contributed by atoms with Crippen molar-refractivity contribution in [3.05, 3.63) is 63.6 Å². The number of rotatable bonds is 2. The van der Waals surface area contributed by atoms with Gasteiger partial charge in [0, 0.05) is 10.2 Å². The van der Waals surface area contributed by atoms with E-state index in [4.69, 9.17) is 5.73 Å². The van der Waals surface area contributed by atoms with Gasteiger partial charge in [0.1, 0.15) is 0 Å². The van der Waals surface area contributed by atoms with E-state index in [1.54, 1.807) is 24.3 Å². The summed E-state index contributed by atoms with van der Waals surface area (Å²) in [5.41, 5.74) is 8.16. The first-order valence-corrected chi connectivity index (χ1v) is 7.32. The fourth-order valence-corrected chi connectivity index (χ4v) is 2.97. The van der Waals surface area contributed by atoms with Gasteiger partial charge in [0.05, 0.1) is 17.2 Å². The van der Waals surface area contributed by atoms with Crippen LogP contribution in [0.1, 0.15) is 39.2 Å². The second kappa shape index (κ2) is 5.00. The van der Waals surface area contributed by atoms with Crippen LogP contribution in [0.2, 0.25) is 0 Å². The summed E-state index contributed by atoms with van der Waals surface area (Å²) in [6.45, 7) is 1.81. The van der Waals surface area contributed by atoms with Crippen molar-refractivity contribution in [2.75, 3.05) is 5.73 Å². The standard InChI is InChI=1S/C16H13BrN2O2/c1-9(11-4-2-3-5-14(11)18)19-15(20)12-7-6-10(17)8-13(12)16(19)21/h2-9H,18H2,1H3. The number of amides is 2. The number of para-hydroxylation sites is 1. The number of halogens is 1. The van der Waals surface area contributed by atoms with E-state index in [0.717, 1.165) is 10.0 Å². The van der Waals surface area contributed by atoms with Crippen molar-refractivity contribution in [2.24, 2.45) is 0 Å². The molecule has 0 bridgehead atoms. The quantitative estimate of drug-likeness (QED) is 0.670. The largest absolute Gasteiger partial charge is 0.398 e. The third kappa shape index (κ3) is 2.14. The predicted molar refractivity (Wildman–Crippen MR) is 83.9 cm³/mol. The Morgan fingerprint density at radius 2 is 1.71 bits per heavy atom. The zero-order valence-corrected chi connectivity index (χ0v) is 12.9. The molecule has 2 amide bonds. The van der Waals surface area contributed by atoms with Gasteiger partial charge in [0.25, 0.3) is 11.8 Å². The number of anilines is 1. The van der Waals surface area contributed by atoms with Gasteiger partial charge < -0.3 is 5.73 Å². The van der Waals surface area contributed by atoms with Gasteiger partial charge >= 0.3 is 0 Å². The molecule has 0 radical (unpaired) electrons. The molecule has 0 saturated heterocycles. The van der Waals surface area contributed by atoms with E-state index in [1.165, 1.54) is 4.90 Å². The second-order valence-corrected chi connectivity index (χ2v) is 5.89. The number of nitrogens with two attached hydrogens (primary N) is 1. The minimum absolute atomic E-state index is 0.279. The zero-order valence-electron chi connectivity index (χ0n) is 11.3. The molecule has 1 heterocycles. The molecule has 3 rings (SSSR count). The van der Waals surface area contributed by atoms with Gasteiger partial charge in [-0.1, -0.05) is 34.1 Å². The lowest BCUT2D eigenvalue weighted by Gasteiger charge is -2.24. The summed E-state index contributed by atoms with van der Waals surface area (Å²) in [5, 5.41) is 0. The molecule has 2 N–H and O–H groups in total.